The van der Waals surface area contributed by atoms with Gasteiger partial charge < -0.3 is 10.8 Å². The normalized spacial score (nSPS) is 30.8. The van der Waals surface area contributed by atoms with E-state index in [2.05, 4.69) is 18.9 Å². The Labute approximate surface area is 102 Å². The predicted octanol–water partition coefficient (Wildman–Crippen LogP) is 1.77. The Balaban J connectivity index is 2.04. The molecular formula is C13H21N3O. The van der Waals surface area contributed by atoms with Crippen LogP contribution in [0.15, 0.2) is 0 Å². The van der Waals surface area contributed by atoms with Crippen LogP contribution < -0.4 is 5.73 Å². The number of fused-ring (bicyclic) bond motifs is 1. The molecule has 0 aliphatic heterocycles. The molecule has 17 heavy (non-hydrogen) atoms. The molecular weight excluding hydrogens is 214 g/mol. The van der Waals surface area contributed by atoms with E-state index < -0.39 is 0 Å². The highest BCUT2D eigenvalue weighted by Crippen LogP contribution is 2.43. The molecule has 0 radical (unpaired) electrons. The molecule has 4 nitrogen and oxygen atoms in total. The van der Waals surface area contributed by atoms with Crippen LogP contribution in [-0.4, -0.2) is 21.0 Å². The topological polar surface area (TPSA) is 64.1 Å². The third kappa shape index (κ3) is 1.50. The lowest BCUT2D eigenvalue weighted by Crippen LogP contribution is -2.23. The molecule has 1 fully saturated rings. The molecule has 0 saturated heterocycles. The Morgan fingerprint density at radius 1 is 1.41 bits per heavy atom. The second-order valence-electron chi connectivity index (χ2n) is 6.10. The first-order valence-corrected chi connectivity index (χ1v) is 6.56. The first-order chi connectivity index (χ1) is 8.00. The highest BCUT2D eigenvalue weighted by molar-refractivity contribution is 5.51. The van der Waals surface area contributed by atoms with Crippen LogP contribution in [-0.2, 0) is 11.8 Å². The van der Waals surface area contributed by atoms with Crippen LogP contribution in [0.3, 0.4) is 0 Å². The van der Waals surface area contributed by atoms with Gasteiger partial charge in [-0.15, -0.1) is 0 Å². The molecule has 4 heteroatoms. The van der Waals surface area contributed by atoms with Gasteiger partial charge in [0.15, 0.2) is 0 Å². The molecule has 1 heterocycles. The Hall–Kier alpha value is -1.03. The number of nitrogens with two attached hydrogens (primary N) is 1. The molecule has 2 aliphatic rings. The molecule has 1 saturated carbocycles. The lowest BCUT2D eigenvalue weighted by atomic mass is 9.87. The molecule has 3 rings (SSSR count). The number of hydrogen-bond donors (Lipinski definition) is 2. The molecule has 1 aromatic rings. The lowest BCUT2D eigenvalue weighted by molar-refractivity contribution is 0.131. The standard InChI is InChI=1S/C13H21N3O/c1-13(2)7-6-8-11(13)12(14)16(15-8)9-4-3-5-10(9)17/h9-10,17H,3-7,14H2,1-2H3. The van der Waals surface area contributed by atoms with Crippen molar-refractivity contribution in [3.8, 4) is 0 Å². The van der Waals surface area contributed by atoms with Crippen molar-refractivity contribution in [3.05, 3.63) is 11.3 Å². The third-order valence-electron chi connectivity index (χ3n) is 4.44. The van der Waals surface area contributed by atoms with Crippen molar-refractivity contribution in [2.75, 3.05) is 5.73 Å². The first-order valence-electron chi connectivity index (χ1n) is 6.56. The van der Waals surface area contributed by atoms with Crippen LogP contribution in [0, 0.1) is 0 Å². The van der Waals surface area contributed by atoms with Crippen molar-refractivity contribution >= 4 is 5.82 Å². The monoisotopic (exact) mass is 235 g/mol. The van der Waals surface area contributed by atoms with Crippen LogP contribution in [0.2, 0.25) is 0 Å². The van der Waals surface area contributed by atoms with Crippen LogP contribution in [0.5, 0.6) is 0 Å². The smallest absolute Gasteiger partial charge is 0.126 e. The zero-order valence-electron chi connectivity index (χ0n) is 10.6. The lowest BCUT2D eigenvalue weighted by Gasteiger charge is -2.21. The molecule has 94 valence electrons. The average Bonchev–Trinajstić information content (AvgIpc) is 2.87. The van der Waals surface area contributed by atoms with Gasteiger partial charge in [0.25, 0.3) is 0 Å². The maximum absolute atomic E-state index is 9.97. The number of rotatable bonds is 1. The fourth-order valence-electron chi connectivity index (χ4n) is 3.42. The molecule has 3 N–H and O–H groups in total. The number of aliphatic hydroxyl groups excluding tert-OH is 1. The molecule has 0 bridgehead atoms. The van der Waals surface area contributed by atoms with Crippen molar-refractivity contribution in [2.24, 2.45) is 0 Å². The second-order valence-corrected chi connectivity index (χ2v) is 6.10. The number of anilines is 1. The number of nitrogen functional groups attached to an aromatic ring is 1. The summed E-state index contributed by atoms with van der Waals surface area (Å²) < 4.78 is 1.89. The van der Waals surface area contributed by atoms with Gasteiger partial charge in [0.2, 0.25) is 0 Å². The molecule has 2 atom stereocenters. The van der Waals surface area contributed by atoms with E-state index in [-0.39, 0.29) is 17.6 Å². The molecule has 0 amide bonds. The number of aromatic nitrogens is 2. The Bertz CT molecular complexity index is 450. The van der Waals surface area contributed by atoms with Crippen molar-refractivity contribution in [1.82, 2.24) is 9.78 Å². The minimum Gasteiger partial charge on any atom is -0.391 e. The summed E-state index contributed by atoms with van der Waals surface area (Å²) in [5.41, 5.74) is 8.77. The number of aliphatic hydroxyl groups is 1. The SMILES string of the molecule is CC1(C)CCc2nn(C3CCCC3O)c(N)c21. The summed E-state index contributed by atoms with van der Waals surface area (Å²) in [4.78, 5) is 0. The zero-order chi connectivity index (χ0) is 12.2. The third-order valence-corrected chi connectivity index (χ3v) is 4.44. The molecule has 2 aliphatic carbocycles. The van der Waals surface area contributed by atoms with Crippen molar-refractivity contribution < 1.29 is 5.11 Å². The Morgan fingerprint density at radius 2 is 2.18 bits per heavy atom. The van der Waals surface area contributed by atoms with Crippen LogP contribution in [0.1, 0.15) is 56.8 Å². The van der Waals surface area contributed by atoms with Crippen LogP contribution in [0.4, 0.5) is 5.82 Å². The van der Waals surface area contributed by atoms with Gasteiger partial charge in [-0.1, -0.05) is 13.8 Å². The van der Waals surface area contributed by atoms with Gasteiger partial charge in [-0.3, -0.25) is 0 Å². The molecule has 0 aromatic carbocycles. The highest BCUT2D eigenvalue weighted by atomic mass is 16.3. The summed E-state index contributed by atoms with van der Waals surface area (Å²) in [5, 5.41) is 14.6. The van der Waals surface area contributed by atoms with Gasteiger partial charge in [0.1, 0.15) is 5.82 Å². The second kappa shape index (κ2) is 3.48. The van der Waals surface area contributed by atoms with Crippen LogP contribution in [0.25, 0.3) is 0 Å². The number of aryl methyl sites for hydroxylation is 1. The van der Waals surface area contributed by atoms with Crippen molar-refractivity contribution in [1.29, 1.82) is 0 Å². The van der Waals surface area contributed by atoms with Gasteiger partial charge in [0, 0.05) is 5.56 Å². The maximum Gasteiger partial charge on any atom is 0.126 e. The van der Waals surface area contributed by atoms with E-state index in [9.17, 15) is 5.11 Å². The van der Waals surface area contributed by atoms with E-state index in [0.717, 1.165) is 43.6 Å². The van der Waals surface area contributed by atoms with E-state index >= 15 is 0 Å². The van der Waals surface area contributed by atoms with E-state index in [4.69, 9.17) is 5.73 Å². The summed E-state index contributed by atoms with van der Waals surface area (Å²) in [6, 6.07) is 0.0939. The van der Waals surface area contributed by atoms with E-state index in [1.54, 1.807) is 0 Å². The first kappa shape index (κ1) is 11.1. The fraction of sp³-hybridized carbons (Fsp3) is 0.769. The molecule has 1 aromatic heterocycles. The quantitative estimate of drug-likeness (QED) is 0.779. The predicted molar refractivity (Wildman–Crippen MR) is 66.9 cm³/mol. The Morgan fingerprint density at radius 3 is 2.76 bits per heavy atom. The maximum atomic E-state index is 9.97. The highest BCUT2D eigenvalue weighted by Gasteiger charge is 2.38. The van der Waals surface area contributed by atoms with Gasteiger partial charge in [-0.05, 0) is 37.5 Å². The molecule has 0 spiro atoms. The Kier molecular flexibility index (Phi) is 2.27. The fourth-order valence-corrected chi connectivity index (χ4v) is 3.42. The average molecular weight is 235 g/mol. The van der Waals surface area contributed by atoms with Crippen molar-refractivity contribution in [3.63, 3.8) is 0 Å². The van der Waals surface area contributed by atoms with Gasteiger partial charge >= 0.3 is 0 Å². The summed E-state index contributed by atoms with van der Waals surface area (Å²) in [7, 11) is 0. The zero-order valence-corrected chi connectivity index (χ0v) is 10.6. The van der Waals surface area contributed by atoms with E-state index in [1.165, 1.54) is 5.56 Å². The van der Waals surface area contributed by atoms with E-state index in [1.807, 2.05) is 4.68 Å². The van der Waals surface area contributed by atoms with Gasteiger partial charge in [-0.2, -0.15) is 5.10 Å². The summed E-state index contributed by atoms with van der Waals surface area (Å²) in [6.07, 6.45) is 4.80. The minimum atomic E-state index is -0.277. The minimum absolute atomic E-state index is 0.0939. The molecule has 2 unspecified atom stereocenters. The van der Waals surface area contributed by atoms with Gasteiger partial charge in [0.05, 0.1) is 17.8 Å². The van der Waals surface area contributed by atoms with Gasteiger partial charge in [-0.25, -0.2) is 4.68 Å². The van der Waals surface area contributed by atoms with Crippen molar-refractivity contribution in [2.45, 2.75) is 63.5 Å². The largest absolute Gasteiger partial charge is 0.391 e. The summed E-state index contributed by atoms with van der Waals surface area (Å²) in [5.74, 6) is 0.786. The number of nitrogens with zero attached hydrogens (tertiary/aromatic N) is 2. The van der Waals surface area contributed by atoms with E-state index in [0.29, 0.717) is 0 Å². The number of hydrogen-bond acceptors (Lipinski definition) is 3. The summed E-state index contributed by atoms with van der Waals surface area (Å²) >= 11 is 0. The summed E-state index contributed by atoms with van der Waals surface area (Å²) in [6.45, 7) is 4.46. The van der Waals surface area contributed by atoms with Crippen LogP contribution >= 0.6 is 0 Å².